The molecule has 0 aliphatic rings. The number of aryl methyl sites for hydroxylation is 1. The maximum Gasteiger partial charge on any atom is 0.264 e. The SMILES string of the molecule is Cc1ccc(S(=O)(=O)N(CC(=O)N(Cc2ccccc2F)[C@H](Cc2ccccc2)C(=O)NCC(C)C)c2cccc(Cl)c2)cc1. The van der Waals surface area contributed by atoms with Crippen molar-refractivity contribution in [1.82, 2.24) is 10.2 Å². The number of nitrogens with zero attached hydrogens (tertiary/aromatic N) is 2. The molecule has 0 aromatic heterocycles. The highest BCUT2D eigenvalue weighted by molar-refractivity contribution is 7.92. The number of anilines is 1. The molecule has 4 aromatic rings. The predicted molar refractivity (Wildman–Crippen MR) is 176 cm³/mol. The lowest BCUT2D eigenvalue weighted by Crippen LogP contribution is -2.53. The van der Waals surface area contributed by atoms with Gasteiger partial charge in [-0.15, -0.1) is 0 Å². The normalized spacial score (nSPS) is 12.0. The highest BCUT2D eigenvalue weighted by Crippen LogP contribution is 2.27. The van der Waals surface area contributed by atoms with E-state index in [-0.39, 0.29) is 40.1 Å². The van der Waals surface area contributed by atoms with Crippen molar-refractivity contribution in [3.63, 3.8) is 0 Å². The number of hydrogen-bond donors (Lipinski definition) is 1. The average molecular weight is 650 g/mol. The molecule has 0 saturated carbocycles. The van der Waals surface area contributed by atoms with Crippen LogP contribution in [0, 0.1) is 18.7 Å². The predicted octanol–water partition coefficient (Wildman–Crippen LogP) is 6.40. The molecule has 0 aliphatic carbocycles. The van der Waals surface area contributed by atoms with E-state index < -0.39 is 40.2 Å². The van der Waals surface area contributed by atoms with Gasteiger partial charge in [0.15, 0.2) is 0 Å². The summed E-state index contributed by atoms with van der Waals surface area (Å²) in [5, 5.41) is 3.20. The highest BCUT2D eigenvalue weighted by atomic mass is 35.5. The minimum atomic E-state index is -4.27. The van der Waals surface area contributed by atoms with E-state index in [1.54, 1.807) is 42.5 Å². The van der Waals surface area contributed by atoms with Gasteiger partial charge in [-0.1, -0.05) is 97.7 Å². The van der Waals surface area contributed by atoms with E-state index >= 15 is 4.39 Å². The van der Waals surface area contributed by atoms with E-state index in [9.17, 15) is 18.0 Å². The van der Waals surface area contributed by atoms with Crippen LogP contribution in [0.25, 0.3) is 0 Å². The summed E-state index contributed by atoms with van der Waals surface area (Å²) >= 11 is 6.26. The van der Waals surface area contributed by atoms with Gasteiger partial charge in [-0.2, -0.15) is 0 Å². The third-order valence-electron chi connectivity index (χ3n) is 7.24. The monoisotopic (exact) mass is 649 g/mol. The van der Waals surface area contributed by atoms with Gasteiger partial charge in [-0.05, 0) is 54.8 Å². The summed E-state index contributed by atoms with van der Waals surface area (Å²) in [5.74, 6) is -1.52. The smallest absolute Gasteiger partial charge is 0.264 e. The summed E-state index contributed by atoms with van der Waals surface area (Å²) < 4.78 is 44.1. The Balaban J connectivity index is 1.81. The molecule has 1 atom stereocenters. The molecule has 0 heterocycles. The number of halogens is 2. The summed E-state index contributed by atoms with van der Waals surface area (Å²) in [6.45, 7) is 5.19. The van der Waals surface area contributed by atoms with Gasteiger partial charge < -0.3 is 10.2 Å². The van der Waals surface area contributed by atoms with Crippen molar-refractivity contribution in [2.45, 2.75) is 44.7 Å². The molecule has 0 radical (unpaired) electrons. The third-order valence-corrected chi connectivity index (χ3v) is 9.26. The topological polar surface area (TPSA) is 86.8 Å². The van der Waals surface area contributed by atoms with Crippen LogP contribution in [0.1, 0.15) is 30.5 Å². The van der Waals surface area contributed by atoms with Crippen LogP contribution in [0.2, 0.25) is 5.02 Å². The summed E-state index contributed by atoms with van der Waals surface area (Å²) in [6, 6.07) is 26.6. The standard InChI is InChI=1S/C35H37ClFN3O4S/c1-25(2)22-38-35(42)33(20-27-10-5-4-6-11-27)39(23-28-12-7-8-15-32(28)37)34(41)24-40(30-14-9-13-29(36)21-30)45(43,44)31-18-16-26(3)17-19-31/h4-19,21,25,33H,20,22-24H2,1-3H3,(H,38,42)/t33-/m1/s1. The molecule has 2 amide bonds. The first-order valence-electron chi connectivity index (χ1n) is 14.6. The van der Waals surface area contributed by atoms with Gasteiger partial charge in [0.2, 0.25) is 11.8 Å². The molecule has 236 valence electrons. The molecule has 4 rings (SSSR count). The number of sulfonamides is 1. The Kier molecular flexibility index (Phi) is 11.4. The number of carbonyl (C=O) groups is 2. The molecular weight excluding hydrogens is 613 g/mol. The van der Waals surface area contributed by atoms with Gasteiger partial charge >= 0.3 is 0 Å². The first-order chi connectivity index (χ1) is 21.5. The van der Waals surface area contributed by atoms with Gasteiger partial charge in [0.1, 0.15) is 18.4 Å². The van der Waals surface area contributed by atoms with Crippen LogP contribution in [0.4, 0.5) is 10.1 Å². The lowest BCUT2D eigenvalue weighted by Gasteiger charge is -2.34. The van der Waals surface area contributed by atoms with Gasteiger partial charge in [0.05, 0.1) is 10.6 Å². The maximum absolute atomic E-state index is 15.0. The summed E-state index contributed by atoms with van der Waals surface area (Å²) in [7, 11) is -4.27. The van der Waals surface area contributed by atoms with E-state index in [0.29, 0.717) is 6.54 Å². The molecule has 0 spiro atoms. The average Bonchev–Trinajstić information content (AvgIpc) is 3.01. The second kappa shape index (κ2) is 15.2. The van der Waals surface area contributed by atoms with Crippen molar-refractivity contribution in [2.24, 2.45) is 5.92 Å². The Morgan fingerprint density at radius 3 is 2.20 bits per heavy atom. The zero-order valence-corrected chi connectivity index (χ0v) is 27.1. The van der Waals surface area contributed by atoms with Crippen LogP contribution in [0.5, 0.6) is 0 Å². The van der Waals surface area contributed by atoms with Gasteiger partial charge in [0.25, 0.3) is 10.0 Å². The van der Waals surface area contributed by atoms with E-state index in [2.05, 4.69) is 5.32 Å². The first-order valence-corrected chi connectivity index (χ1v) is 16.5. The van der Waals surface area contributed by atoms with Crippen LogP contribution < -0.4 is 9.62 Å². The molecule has 0 unspecified atom stereocenters. The largest absolute Gasteiger partial charge is 0.354 e. The van der Waals surface area contributed by atoms with Crippen molar-refractivity contribution in [1.29, 1.82) is 0 Å². The highest BCUT2D eigenvalue weighted by Gasteiger charge is 2.35. The quantitative estimate of drug-likeness (QED) is 0.182. The summed E-state index contributed by atoms with van der Waals surface area (Å²) in [6.07, 6.45) is 0.132. The van der Waals surface area contributed by atoms with Crippen molar-refractivity contribution >= 4 is 39.1 Å². The van der Waals surface area contributed by atoms with Gasteiger partial charge in [-0.25, -0.2) is 12.8 Å². The lowest BCUT2D eigenvalue weighted by molar-refractivity contribution is -0.140. The molecular formula is C35H37ClFN3O4S. The van der Waals surface area contributed by atoms with Crippen molar-refractivity contribution in [3.05, 3.63) is 131 Å². The van der Waals surface area contributed by atoms with Crippen molar-refractivity contribution in [3.8, 4) is 0 Å². The van der Waals surface area contributed by atoms with Gasteiger partial charge in [0, 0.05) is 30.1 Å². The molecule has 0 aliphatic heterocycles. The van der Waals surface area contributed by atoms with E-state index in [1.165, 1.54) is 35.2 Å². The lowest BCUT2D eigenvalue weighted by atomic mass is 10.0. The van der Waals surface area contributed by atoms with Crippen LogP contribution in [-0.4, -0.2) is 44.3 Å². The number of rotatable bonds is 13. The minimum absolute atomic E-state index is 0.0166. The fourth-order valence-electron chi connectivity index (χ4n) is 4.78. The Hall–Kier alpha value is -4.21. The van der Waals surface area contributed by atoms with Crippen LogP contribution in [-0.2, 0) is 32.6 Å². The number of nitrogens with one attached hydrogen (secondary N) is 1. The molecule has 0 saturated heterocycles. The first kappa shape index (κ1) is 33.7. The molecule has 1 N–H and O–H groups in total. The van der Waals surface area contributed by atoms with Crippen molar-refractivity contribution < 1.29 is 22.4 Å². The Morgan fingerprint density at radius 2 is 1.56 bits per heavy atom. The third kappa shape index (κ3) is 8.93. The molecule has 4 aromatic carbocycles. The number of benzene rings is 4. The number of amides is 2. The minimum Gasteiger partial charge on any atom is -0.354 e. The van der Waals surface area contributed by atoms with Crippen LogP contribution >= 0.6 is 11.6 Å². The molecule has 0 fully saturated rings. The van der Waals surface area contributed by atoms with Crippen molar-refractivity contribution in [2.75, 3.05) is 17.4 Å². The molecule has 0 bridgehead atoms. The fraction of sp³-hybridized carbons (Fsp3) is 0.257. The zero-order valence-electron chi connectivity index (χ0n) is 25.5. The Morgan fingerprint density at radius 1 is 0.889 bits per heavy atom. The number of carbonyl (C=O) groups excluding carboxylic acids is 2. The maximum atomic E-state index is 15.0. The van der Waals surface area contributed by atoms with E-state index in [1.807, 2.05) is 51.1 Å². The number of hydrogen-bond acceptors (Lipinski definition) is 4. The zero-order chi connectivity index (χ0) is 32.6. The second-order valence-electron chi connectivity index (χ2n) is 11.3. The molecule has 10 heteroatoms. The Labute approximate surface area is 269 Å². The van der Waals surface area contributed by atoms with E-state index in [4.69, 9.17) is 11.6 Å². The Bertz CT molecular complexity index is 1720. The summed E-state index contributed by atoms with van der Waals surface area (Å²) in [4.78, 5) is 29.4. The van der Waals surface area contributed by atoms with E-state index in [0.717, 1.165) is 15.4 Å². The van der Waals surface area contributed by atoms with Gasteiger partial charge in [-0.3, -0.25) is 13.9 Å². The second-order valence-corrected chi connectivity index (χ2v) is 13.6. The van der Waals surface area contributed by atoms with Crippen LogP contribution in [0.3, 0.4) is 0 Å². The summed E-state index contributed by atoms with van der Waals surface area (Å²) in [5.41, 5.74) is 2.02. The fourth-order valence-corrected chi connectivity index (χ4v) is 6.37. The molecule has 45 heavy (non-hydrogen) atoms. The van der Waals surface area contributed by atoms with Crippen LogP contribution in [0.15, 0.2) is 108 Å². The molecule has 7 nitrogen and oxygen atoms in total.